The summed E-state index contributed by atoms with van der Waals surface area (Å²) in [4.78, 5) is 15.1. The molecule has 1 aromatic carbocycles. The summed E-state index contributed by atoms with van der Waals surface area (Å²) >= 11 is 0. The zero-order valence-corrected chi connectivity index (χ0v) is 15.6. The fourth-order valence-corrected chi connectivity index (χ4v) is 3.66. The first-order valence-corrected chi connectivity index (χ1v) is 9.82. The van der Waals surface area contributed by atoms with E-state index in [4.69, 9.17) is 0 Å². The minimum Gasteiger partial charge on any atom is -0.334 e. The normalized spacial score (nSPS) is 24.1. The van der Waals surface area contributed by atoms with Gasteiger partial charge < -0.3 is 10.2 Å². The van der Waals surface area contributed by atoms with Gasteiger partial charge in [0.2, 0.25) is 5.91 Å². The van der Waals surface area contributed by atoms with Crippen molar-refractivity contribution in [3.05, 3.63) is 35.9 Å². The monoisotopic (exact) mass is 330 g/mol. The highest BCUT2D eigenvalue weighted by atomic mass is 16.2. The molecule has 134 valence electrons. The van der Waals surface area contributed by atoms with Crippen LogP contribution in [0.2, 0.25) is 0 Å². The Balaban J connectivity index is 0.00000100. The van der Waals surface area contributed by atoms with E-state index in [1.54, 1.807) is 0 Å². The summed E-state index contributed by atoms with van der Waals surface area (Å²) in [5.41, 5.74) is 1.29. The zero-order valence-electron chi connectivity index (χ0n) is 15.6. The van der Waals surface area contributed by atoms with Gasteiger partial charge in [-0.1, -0.05) is 57.0 Å². The van der Waals surface area contributed by atoms with E-state index in [1.165, 1.54) is 24.8 Å². The van der Waals surface area contributed by atoms with Crippen LogP contribution in [0.15, 0.2) is 30.3 Å². The van der Waals surface area contributed by atoms with Crippen molar-refractivity contribution in [2.24, 2.45) is 5.92 Å². The smallest absolute Gasteiger partial charge is 0.240 e. The van der Waals surface area contributed by atoms with Gasteiger partial charge in [0.25, 0.3) is 0 Å². The highest BCUT2D eigenvalue weighted by Gasteiger charge is 2.33. The zero-order chi connectivity index (χ0) is 17.4. The number of nitrogens with one attached hydrogen (secondary N) is 1. The highest BCUT2D eigenvalue weighted by molar-refractivity contribution is 5.82. The topological polar surface area (TPSA) is 32.3 Å². The largest absolute Gasteiger partial charge is 0.334 e. The number of amides is 1. The Hall–Kier alpha value is -1.35. The lowest BCUT2D eigenvalue weighted by molar-refractivity contribution is -0.135. The molecule has 3 nitrogen and oxygen atoms in total. The summed E-state index contributed by atoms with van der Waals surface area (Å²) < 4.78 is 0. The molecule has 0 unspecified atom stereocenters. The van der Waals surface area contributed by atoms with Gasteiger partial charge in [-0.05, 0) is 50.6 Å². The maximum atomic E-state index is 12.9. The number of carbonyl (C=O) groups excluding carboxylic acids is 1. The van der Waals surface area contributed by atoms with E-state index in [9.17, 15) is 4.79 Å². The van der Waals surface area contributed by atoms with Gasteiger partial charge in [-0.15, -0.1) is 0 Å². The van der Waals surface area contributed by atoms with Crippen LogP contribution in [0.3, 0.4) is 0 Å². The summed E-state index contributed by atoms with van der Waals surface area (Å²) in [5, 5.41) is 3.22. The van der Waals surface area contributed by atoms with Crippen molar-refractivity contribution in [2.45, 2.75) is 70.9 Å². The van der Waals surface area contributed by atoms with Crippen LogP contribution in [-0.2, 0) is 4.79 Å². The number of hydrogen-bond acceptors (Lipinski definition) is 2. The van der Waals surface area contributed by atoms with Crippen molar-refractivity contribution in [1.29, 1.82) is 0 Å². The fraction of sp³-hybridized carbons (Fsp3) is 0.667. The maximum Gasteiger partial charge on any atom is 0.240 e. The Bertz CT molecular complexity index is 484. The number of likely N-dealkylation sites (N-methyl/N-ethyl adjacent to an activating group) is 1. The number of benzene rings is 1. The SMILES string of the molecule is CC.CN[C@H]1CCC[C@@H](c2ccccc2)N(CCCC2CC2)C1=O. The number of hydrogen-bond donors (Lipinski definition) is 1. The molecule has 1 saturated carbocycles. The Kier molecular flexibility index (Phi) is 7.77. The van der Waals surface area contributed by atoms with E-state index >= 15 is 0 Å². The summed E-state index contributed by atoms with van der Waals surface area (Å²) in [7, 11) is 1.91. The minimum atomic E-state index is -0.00497. The molecule has 3 heteroatoms. The van der Waals surface area contributed by atoms with E-state index in [1.807, 2.05) is 20.9 Å². The maximum absolute atomic E-state index is 12.9. The first kappa shape index (κ1) is 19.0. The predicted octanol–water partition coefficient (Wildman–Crippen LogP) is 4.54. The minimum absolute atomic E-state index is 0.00497. The van der Waals surface area contributed by atoms with Gasteiger partial charge in [-0.3, -0.25) is 4.79 Å². The molecule has 2 atom stereocenters. The van der Waals surface area contributed by atoms with Gasteiger partial charge in [0.15, 0.2) is 0 Å². The van der Waals surface area contributed by atoms with Crippen LogP contribution < -0.4 is 5.32 Å². The second-order valence-electron chi connectivity index (χ2n) is 6.82. The van der Waals surface area contributed by atoms with Crippen LogP contribution in [0, 0.1) is 5.92 Å². The molecule has 2 aliphatic rings. The van der Waals surface area contributed by atoms with E-state index in [-0.39, 0.29) is 12.1 Å². The van der Waals surface area contributed by atoms with Crippen LogP contribution in [0.5, 0.6) is 0 Å². The lowest BCUT2D eigenvalue weighted by Crippen LogP contribution is -2.45. The molecule has 1 saturated heterocycles. The fourth-order valence-electron chi connectivity index (χ4n) is 3.66. The molecular formula is C21H34N2O. The molecule has 0 aromatic heterocycles. The average Bonchev–Trinajstić information content (AvgIpc) is 3.47. The number of rotatable bonds is 6. The van der Waals surface area contributed by atoms with Gasteiger partial charge in [0.1, 0.15) is 0 Å². The average molecular weight is 331 g/mol. The van der Waals surface area contributed by atoms with E-state index in [2.05, 4.69) is 40.5 Å². The molecule has 2 fully saturated rings. The quantitative estimate of drug-likeness (QED) is 0.830. The molecule has 1 heterocycles. The standard InChI is InChI=1S/C19H28N2O.C2H6/c1-20-17-10-5-11-18(16-8-3-2-4-9-16)21(19(17)22)14-6-7-15-12-13-15;1-2/h2-4,8-9,15,17-18,20H,5-7,10-14H2,1H3;1-2H3/t17-,18-;/m0./s1. The molecule has 0 spiro atoms. The Morgan fingerprint density at radius 1 is 1.08 bits per heavy atom. The first-order valence-electron chi connectivity index (χ1n) is 9.82. The number of likely N-dealkylation sites (tertiary alicyclic amines) is 1. The van der Waals surface area contributed by atoms with Gasteiger partial charge in [-0.2, -0.15) is 0 Å². The van der Waals surface area contributed by atoms with Gasteiger partial charge >= 0.3 is 0 Å². The molecule has 1 aromatic rings. The molecule has 3 rings (SSSR count). The predicted molar refractivity (Wildman–Crippen MR) is 101 cm³/mol. The van der Waals surface area contributed by atoms with Crippen LogP contribution in [-0.4, -0.2) is 30.4 Å². The van der Waals surface area contributed by atoms with Gasteiger partial charge in [-0.25, -0.2) is 0 Å². The van der Waals surface area contributed by atoms with Gasteiger partial charge in [0, 0.05) is 6.54 Å². The number of nitrogens with zero attached hydrogens (tertiary/aromatic N) is 1. The van der Waals surface area contributed by atoms with Crippen LogP contribution in [0.4, 0.5) is 0 Å². The third-order valence-corrected chi connectivity index (χ3v) is 5.17. The Morgan fingerprint density at radius 2 is 1.79 bits per heavy atom. The lowest BCUT2D eigenvalue weighted by atomic mass is 10.0. The van der Waals surface area contributed by atoms with E-state index in [0.29, 0.717) is 5.91 Å². The second-order valence-corrected chi connectivity index (χ2v) is 6.82. The van der Waals surface area contributed by atoms with Crippen LogP contribution >= 0.6 is 0 Å². The molecule has 0 bridgehead atoms. The first-order chi connectivity index (χ1) is 11.8. The van der Waals surface area contributed by atoms with Crippen molar-refractivity contribution in [2.75, 3.05) is 13.6 Å². The molecular weight excluding hydrogens is 296 g/mol. The Morgan fingerprint density at radius 3 is 2.42 bits per heavy atom. The molecule has 0 radical (unpaired) electrons. The molecule has 24 heavy (non-hydrogen) atoms. The number of carbonyl (C=O) groups is 1. The van der Waals surface area contributed by atoms with E-state index < -0.39 is 0 Å². The van der Waals surface area contributed by atoms with Crippen molar-refractivity contribution in [1.82, 2.24) is 10.2 Å². The molecule has 1 aliphatic heterocycles. The molecule has 1 aliphatic carbocycles. The summed E-state index contributed by atoms with van der Waals surface area (Å²) in [6.45, 7) is 4.91. The summed E-state index contributed by atoms with van der Waals surface area (Å²) in [6, 6.07) is 10.8. The third-order valence-electron chi connectivity index (χ3n) is 5.17. The molecule has 1 N–H and O–H groups in total. The van der Waals surface area contributed by atoms with Crippen LogP contribution in [0.25, 0.3) is 0 Å². The van der Waals surface area contributed by atoms with Crippen molar-refractivity contribution >= 4 is 5.91 Å². The highest BCUT2D eigenvalue weighted by Crippen LogP contribution is 2.35. The van der Waals surface area contributed by atoms with Crippen molar-refractivity contribution in [3.8, 4) is 0 Å². The van der Waals surface area contributed by atoms with Gasteiger partial charge in [0.05, 0.1) is 12.1 Å². The third kappa shape index (κ3) is 5.07. The van der Waals surface area contributed by atoms with Crippen molar-refractivity contribution < 1.29 is 4.79 Å². The summed E-state index contributed by atoms with van der Waals surface area (Å²) in [6.07, 6.45) is 8.38. The van der Waals surface area contributed by atoms with E-state index in [0.717, 1.165) is 38.1 Å². The van der Waals surface area contributed by atoms with Crippen molar-refractivity contribution in [3.63, 3.8) is 0 Å². The summed E-state index contributed by atoms with van der Waals surface area (Å²) in [5.74, 6) is 1.24. The lowest BCUT2D eigenvalue weighted by Gasteiger charge is -2.32. The second kappa shape index (κ2) is 9.83. The Labute approximate surface area is 147 Å². The molecule has 1 amide bonds. The van der Waals surface area contributed by atoms with Crippen LogP contribution in [0.1, 0.15) is 70.4 Å².